The van der Waals surface area contributed by atoms with Crippen molar-refractivity contribution in [3.63, 3.8) is 0 Å². The first kappa shape index (κ1) is 61.9. The number of halogens is 3. The second-order valence-corrected chi connectivity index (χ2v) is 23.0. The molecule has 3 aliphatic rings. The van der Waals surface area contributed by atoms with Crippen molar-refractivity contribution in [3.8, 4) is 5.75 Å². The number of hydrogen-bond donors (Lipinski definition) is 5. The van der Waals surface area contributed by atoms with Crippen LogP contribution >= 0.6 is 0 Å². The number of aryl methyl sites for hydroxylation is 1. The molecule has 0 aliphatic carbocycles. The standard InChI is InChI=1S/C51H84F3N5O14S/c1-13-40-43(62)41(60)33(6)58(11)26-29(2)24-49(8,65)46(31(4)44(32(5)47(64)72-40)69-28-37-25-50(9,67-12)45(63)34(7)71-37)73-48-42(61)39(23-30(3)70-48)57(10)21-19-35-27-59(56-55-35)20-14-22-68-36-15-17-38(18-16-36)74(66)51(52,53)54/h15-18,27,29-34,37,39-46,48,60-63,65H,13-14,19-26,28H2,1-12H3/t29-,30-,31+,32-,33-,34+,37-,39+,40-,41-,42-,43-,44+,45+,46-,48+,49-,50-,74?/m1/s1. The number of ether oxygens (including phenoxy) is 7. The Hall–Kier alpha value is -2.91. The van der Waals surface area contributed by atoms with Crippen molar-refractivity contribution in [1.82, 2.24) is 24.8 Å². The van der Waals surface area contributed by atoms with Crippen LogP contribution in [0.4, 0.5) is 13.2 Å². The highest BCUT2D eigenvalue weighted by atomic mass is 32.2. The molecule has 1 aromatic heterocycles. The van der Waals surface area contributed by atoms with Crippen LogP contribution in [0.25, 0.3) is 0 Å². The fraction of sp³-hybridized carbons (Fsp3) is 0.824. The number of rotatable bonds is 17. The van der Waals surface area contributed by atoms with Crippen LogP contribution in [-0.4, -0.2) is 204 Å². The highest BCUT2D eigenvalue weighted by molar-refractivity contribution is 7.86. The van der Waals surface area contributed by atoms with Crippen molar-refractivity contribution in [2.45, 2.75) is 208 Å². The van der Waals surface area contributed by atoms with E-state index in [0.29, 0.717) is 50.3 Å². The first-order valence-corrected chi connectivity index (χ1v) is 27.0. The predicted molar refractivity (Wildman–Crippen MR) is 266 cm³/mol. The molecule has 0 amide bonds. The molecule has 2 aromatic rings. The number of alkyl halides is 3. The summed E-state index contributed by atoms with van der Waals surface area (Å²) in [7, 11) is 2.10. The Balaban J connectivity index is 1.33. The Labute approximate surface area is 436 Å². The molecule has 424 valence electrons. The fourth-order valence-corrected chi connectivity index (χ4v) is 11.5. The SMILES string of the molecule is CC[C@H]1OC(=O)[C@H](C)[C@@H](OC[C@H]2C[C@@](C)(OC)[C@@H](O)[C@H](C)O2)[C@H](C)[C@@H](O[C@@H]2O[C@H](C)C[C@H](N(C)CCc3cn(CCCOc4ccc(S(=O)C(F)(F)F)cc4)nn3)[C@H]2O)[C@](C)(O)C[C@@H](C)CN(C)[C@H](C)[C@@H](O)[C@@H]1O. The van der Waals surface area contributed by atoms with Crippen molar-refractivity contribution < 1.29 is 80.9 Å². The maximum atomic E-state index is 14.3. The number of aliphatic hydroxyl groups is 5. The van der Waals surface area contributed by atoms with Crippen LogP contribution in [0.2, 0.25) is 0 Å². The number of benzene rings is 1. The van der Waals surface area contributed by atoms with Gasteiger partial charge in [-0.1, -0.05) is 26.0 Å². The minimum absolute atomic E-state index is 0.0385. The van der Waals surface area contributed by atoms with E-state index in [0.717, 1.165) is 12.1 Å². The highest BCUT2D eigenvalue weighted by Gasteiger charge is 2.51. The summed E-state index contributed by atoms with van der Waals surface area (Å²) in [4.78, 5) is 17.8. The predicted octanol–water partition coefficient (Wildman–Crippen LogP) is 3.85. The number of aromatic nitrogens is 3. The van der Waals surface area contributed by atoms with Gasteiger partial charge in [0.15, 0.2) is 17.1 Å². The van der Waals surface area contributed by atoms with Gasteiger partial charge in [0.2, 0.25) is 0 Å². The molecule has 1 unspecified atom stereocenters. The second kappa shape index (κ2) is 26.6. The monoisotopic (exact) mass is 1080 g/mol. The molecule has 3 fully saturated rings. The Morgan fingerprint density at radius 1 is 0.986 bits per heavy atom. The van der Waals surface area contributed by atoms with Crippen molar-refractivity contribution in [1.29, 1.82) is 0 Å². The van der Waals surface area contributed by atoms with Gasteiger partial charge >= 0.3 is 11.5 Å². The van der Waals surface area contributed by atoms with E-state index in [1.54, 1.807) is 46.2 Å². The number of hydrogen-bond acceptors (Lipinski definition) is 18. The van der Waals surface area contributed by atoms with E-state index in [4.69, 9.17) is 33.2 Å². The molecule has 0 spiro atoms. The van der Waals surface area contributed by atoms with Gasteiger partial charge in [-0.25, -0.2) is 4.21 Å². The van der Waals surface area contributed by atoms with Crippen LogP contribution < -0.4 is 4.74 Å². The molecule has 3 aliphatic heterocycles. The lowest BCUT2D eigenvalue weighted by Gasteiger charge is -2.48. The zero-order valence-corrected chi connectivity index (χ0v) is 45.9. The van der Waals surface area contributed by atoms with Gasteiger partial charge in [0, 0.05) is 75.1 Å². The summed E-state index contributed by atoms with van der Waals surface area (Å²) in [5.41, 5.74) is -6.73. The maximum Gasteiger partial charge on any atom is 0.475 e. The highest BCUT2D eigenvalue weighted by Crippen LogP contribution is 2.39. The van der Waals surface area contributed by atoms with Crippen molar-refractivity contribution in [2.24, 2.45) is 17.8 Å². The smallest absolute Gasteiger partial charge is 0.475 e. The van der Waals surface area contributed by atoms with Gasteiger partial charge in [-0.2, -0.15) is 13.2 Å². The van der Waals surface area contributed by atoms with Crippen molar-refractivity contribution in [2.75, 3.05) is 47.5 Å². The maximum absolute atomic E-state index is 14.3. The molecule has 19 atom stereocenters. The number of carbonyl (C=O) groups excluding carboxylic acids is 1. The van der Waals surface area contributed by atoms with Crippen LogP contribution in [0.3, 0.4) is 0 Å². The third-order valence-electron chi connectivity index (χ3n) is 15.3. The average molecular weight is 1080 g/mol. The summed E-state index contributed by atoms with van der Waals surface area (Å²) in [6.07, 6.45) is -6.87. The van der Waals surface area contributed by atoms with Gasteiger partial charge in [0.25, 0.3) is 0 Å². The first-order valence-electron chi connectivity index (χ1n) is 25.9. The Morgan fingerprint density at radius 3 is 2.30 bits per heavy atom. The molecule has 5 N–H and O–H groups in total. The van der Waals surface area contributed by atoms with E-state index in [-0.39, 0.29) is 43.3 Å². The minimum atomic E-state index is -4.85. The molecule has 19 nitrogen and oxygen atoms in total. The topological polar surface area (TPSA) is 237 Å². The van der Waals surface area contributed by atoms with E-state index in [9.17, 15) is 47.7 Å². The minimum Gasteiger partial charge on any atom is -0.494 e. The van der Waals surface area contributed by atoms with Crippen LogP contribution in [0.15, 0.2) is 35.4 Å². The number of likely N-dealkylation sites (N-methyl/N-ethyl adjacent to an activating group) is 2. The Kier molecular flexibility index (Phi) is 22.3. The van der Waals surface area contributed by atoms with Gasteiger partial charge in [-0.05, 0) is 105 Å². The molecular formula is C51H84F3N5O14S. The van der Waals surface area contributed by atoms with E-state index in [2.05, 4.69) is 10.3 Å². The summed E-state index contributed by atoms with van der Waals surface area (Å²) in [6, 6.07) is 3.92. The van der Waals surface area contributed by atoms with E-state index >= 15 is 0 Å². The largest absolute Gasteiger partial charge is 0.494 e. The van der Waals surface area contributed by atoms with Gasteiger partial charge in [-0.3, -0.25) is 9.48 Å². The average Bonchev–Trinajstić information content (AvgIpc) is 3.81. The third-order valence-corrected chi connectivity index (χ3v) is 16.4. The molecule has 3 saturated heterocycles. The van der Waals surface area contributed by atoms with Gasteiger partial charge in [0.1, 0.15) is 30.2 Å². The molecule has 4 heterocycles. The lowest BCUT2D eigenvalue weighted by Crippen LogP contribution is -2.60. The number of nitrogens with zero attached hydrogens (tertiary/aromatic N) is 5. The number of esters is 1. The Bertz CT molecular complexity index is 2080. The first-order chi connectivity index (χ1) is 34.6. The number of cyclic esters (lactones) is 1. The second-order valence-electron chi connectivity index (χ2n) is 21.5. The number of methoxy groups -OCH3 is 1. The third kappa shape index (κ3) is 15.9. The molecule has 23 heteroatoms. The van der Waals surface area contributed by atoms with Gasteiger partial charge in [-0.15, -0.1) is 5.10 Å². The molecule has 5 rings (SSSR count). The Morgan fingerprint density at radius 2 is 1.66 bits per heavy atom. The van der Waals surface area contributed by atoms with Crippen LogP contribution in [-0.2, 0) is 57.0 Å². The summed E-state index contributed by atoms with van der Waals surface area (Å²) in [6.45, 7) is 17.6. The quantitative estimate of drug-likeness (QED) is 0.112. The fourth-order valence-electron chi connectivity index (χ4n) is 10.8. The molecule has 74 heavy (non-hydrogen) atoms. The van der Waals surface area contributed by atoms with Crippen LogP contribution in [0, 0.1) is 17.8 Å². The normalized spacial score (nSPS) is 38.0. The summed E-state index contributed by atoms with van der Waals surface area (Å²) < 4.78 is 95.3. The summed E-state index contributed by atoms with van der Waals surface area (Å²) in [5.74, 6) is -2.37. The molecular weight excluding hydrogens is 996 g/mol. The van der Waals surface area contributed by atoms with Gasteiger partial charge in [0.05, 0.1) is 72.7 Å². The zero-order chi connectivity index (χ0) is 55.0. The van der Waals surface area contributed by atoms with Crippen molar-refractivity contribution in [3.05, 3.63) is 36.2 Å². The zero-order valence-electron chi connectivity index (χ0n) is 45.1. The number of aliphatic hydroxyl groups excluding tert-OH is 4. The summed E-state index contributed by atoms with van der Waals surface area (Å²) in [5, 5.41) is 67.2. The molecule has 1 aromatic carbocycles. The molecule has 0 radical (unpaired) electrons. The number of carbonyl (C=O) groups is 1. The van der Waals surface area contributed by atoms with Crippen LogP contribution in [0.5, 0.6) is 5.75 Å². The van der Waals surface area contributed by atoms with Crippen molar-refractivity contribution >= 4 is 16.8 Å². The lowest BCUT2D eigenvalue weighted by atomic mass is 9.77. The van der Waals surface area contributed by atoms with Gasteiger partial charge < -0.3 is 68.5 Å². The van der Waals surface area contributed by atoms with E-state index in [1.165, 1.54) is 19.2 Å². The van der Waals surface area contributed by atoms with E-state index < -0.39 is 125 Å². The van der Waals surface area contributed by atoms with Crippen LogP contribution in [0.1, 0.15) is 100 Å². The molecule has 0 saturated carbocycles. The lowest BCUT2D eigenvalue weighted by molar-refractivity contribution is -0.301. The van der Waals surface area contributed by atoms with E-state index in [1.807, 2.05) is 50.9 Å². The molecule has 0 bridgehead atoms. The summed E-state index contributed by atoms with van der Waals surface area (Å²) >= 11 is 0.